The van der Waals surface area contributed by atoms with Gasteiger partial charge in [0.2, 0.25) is 0 Å². The van der Waals surface area contributed by atoms with E-state index in [1.54, 1.807) is 12.3 Å². The lowest BCUT2D eigenvalue weighted by molar-refractivity contribution is 0.0946. The Labute approximate surface area is 108 Å². The fourth-order valence-corrected chi connectivity index (χ4v) is 1.28. The SMILES string of the molecule is C=CCNc1cnc(C(=O)NCCC(C)C)cn1. The molecule has 0 radical (unpaired) electrons. The summed E-state index contributed by atoms with van der Waals surface area (Å²) in [4.78, 5) is 19.9. The lowest BCUT2D eigenvalue weighted by atomic mass is 10.1. The van der Waals surface area contributed by atoms with E-state index in [9.17, 15) is 4.79 Å². The Hall–Kier alpha value is -1.91. The second-order valence-electron chi connectivity index (χ2n) is 4.39. The number of hydrogen-bond donors (Lipinski definition) is 2. The van der Waals surface area contributed by atoms with Crippen LogP contribution in [0.3, 0.4) is 0 Å². The van der Waals surface area contributed by atoms with Gasteiger partial charge < -0.3 is 10.6 Å². The first-order valence-corrected chi connectivity index (χ1v) is 6.08. The van der Waals surface area contributed by atoms with Gasteiger partial charge in [-0.3, -0.25) is 4.79 Å². The summed E-state index contributed by atoms with van der Waals surface area (Å²) in [6, 6.07) is 0. The molecule has 5 heteroatoms. The number of carbonyl (C=O) groups excluding carboxylic acids is 1. The molecule has 0 aliphatic heterocycles. The highest BCUT2D eigenvalue weighted by molar-refractivity contribution is 5.91. The number of anilines is 1. The highest BCUT2D eigenvalue weighted by atomic mass is 16.1. The monoisotopic (exact) mass is 248 g/mol. The highest BCUT2D eigenvalue weighted by Gasteiger charge is 2.07. The molecule has 1 amide bonds. The van der Waals surface area contributed by atoms with Gasteiger partial charge in [-0.2, -0.15) is 0 Å². The van der Waals surface area contributed by atoms with E-state index in [2.05, 4.69) is 41.0 Å². The number of carbonyl (C=O) groups is 1. The van der Waals surface area contributed by atoms with E-state index in [4.69, 9.17) is 0 Å². The van der Waals surface area contributed by atoms with Crippen LogP contribution in [0.15, 0.2) is 25.0 Å². The summed E-state index contributed by atoms with van der Waals surface area (Å²) in [5.41, 5.74) is 0.336. The third kappa shape index (κ3) is 4.95. The standard InChI is InChI=1S/C13H20N4O/c1-4-6-14-12-9-16-11(8-17-12)13(18)15-7-5-10(2)3/h4,8-10H,1,5-7H2,2-3H3,(H,14,17)(H,15,18). The minimum absolute atomic E-state index is 0.182. The van der Waals surface area contributed by atoms with Crippen LogP contribution in [0, 0.1) is 5.92 Å². The van der Waals surface area contributed by atoms with Gasteiger partial charge in [0.15, 0.2) is 0 Å². The van der Waals surface area contributed by atoms with E-state index in [1.165, 1.54) is 6.20 Å². The Morgan fingerprint density at radius 1 is 1.44 bits per heavy atom. The van der Waals surface area contributed by atoms with Crippen LogP contribution in [0.2, 0.25) is 0 Å². The normalized spacial score (nSPS) is 10.2. The van der Waals surface area contributed by atoms with Crippen LogP contribution in [0.1, 0.15) is 30.8 Å². The zero-order chi connectivity index (χ0) is 13.4. The predicted octanol–water partition coefficient (Wildman–Crippen LogP) is 1.85. The van der Waals surface area contributed by atoms with Crippen molar-refractivity contribution < 1.29 is 4.79 Å². The molecule has 0 unspecified atom stereocenters. The summed E-state index contributed by atoms with van der Waals surface area (Å²) in [6.45, 7) is 9.11. The number of amides is 1. The fourth-order valence-electron chi connectivity index (χ4n) is 1.28. The fraction of sp³-hybridized carbons (Fsp3) is 0.462. The Balaban J connectivity index is 2.45. The van der Waals surface area contributed by atoms with Gasteiger partial charge in [-0.05, 0) is 12.3 Å². The molecule has 2 N–H and O–H groups in total. The van der Waals surface area contributed by atoms with Crippen LogP contribution in [0.5, 0.6) is 0 Å². The first-order valence-electron chi connectivity index (χ1n) is 6.08. The van der Waals surface area contributed by atoms with Crippen molar-refractivity contribution in [3.63, 3.8) is 0 Å². The molecular weight excluding hydrogens is 228 g/mol. The Morgan fingerprint density at radius 3 is 2.78 bits per heavy atom. The topological polar surface area (TPSA) is 66.9 Å². The molecule has 98 valence electrons. The molecule has 0 aromatic carbocycles. The maximum atomic E-state index is 11.7. The van der Waals surface area contributed by atoms with E-state index in [-0.39, 0.29) is 5.91 Å². The molecule has 0 spiro atoms. The van der Waals surface area contributed by atoms with Gasteiger partial charge in [0, 0.05) is 13.1 Å². The summed E-state index contributed by atoms with van der Waals surface area (Å²) >= 11 is 0. The van der Waals surface area contributed by atoms with Gasteiger partial charge >= 0.3 is 0 Å². The molecule has 0 bridgehead atoms. The van der Waals surface area contributed by atoms with Gasteiger partial charge in [-0.25, -0.2) is 9.97 Å². The summed E-state index contributed by atoms with van der Waals surface area (Å²) in [5, 5.41) is 5.81. The van der Waals surface area contributed by atoms with Crippen molar-refractivity contribution in [1.29, 1.82) is 0 Å². The van der Waals surface area contributed by atoms with Gasteiger partial charge in [-0.15, -0.1) is 6.58 Å². The molecule has 0 saturated heterocycles. The summed E-state index contributed by atoms with van der Waals surface area (Å²) in [7, 11) is 0. The Bertz CT molecular complexity index is 386. The highest BCUT2D eigenvalue weighted by Crippen LogP contribution is 2.01. The van der Waals surface area contributed by atoms with Gasteiger partial charge in [-0.1, -0.05) is 19.9 Å². The molecule has 0 atom stereocenters. The molecule has 1 heterocycles. The summed E-state index contributed by atoms with van der Waals surface area (Å²) in [5.74, 6) is 1.02. The van der Waals surface area contributed by atoms with E-state index in [1.807, 2.05) is 0 Å². The maximum absolute atomic E-state index is 11.7. The third-order valence-electron chi connectivity index (χ3n) is 2.32. The quantitative estimate of drug-likeness (QED) is 0.723. The number of nitrogens with one attached hydrogen (secondary N) is 2. The molecule has 0 aliphatic rings. The zero-order valence-electron chi connectivity index (χ0n) is 10.9. The minimum atomic E-state index is -0.182. The molecule has 1 aromatic rings. The minimum Gasteiger partial charge on any atom is -0.365 e. The molecule has 1 rings (SSSR count). The van der Waals surface area contributed by atoms with Crippen molar-refractivity contribution in [3.8, 4) is 0 Å². The average molecular weight is 248 g/mol. The summed E-state index contributed by atoms with van der Waals surface area (Å²) < 4.78 is 0. The van der Waals surface area contributed by atoms with Crippen molar-refractivity contribution >= 4 is 11.7 Å². The lowest BCUT2D eigenvalue weighted by Crippen LogP contribution is -2.26. The van der Waals surface area contributed by atoms with Gasteiger partial charge in [0.25, 0.3) is 5.91 Å². The zero-order valence-corrected chi connectivity index (χ0v) is 10.9. The Morgan fingerprint density at radius 2 is 2.22 bits per heavy atom. The van der Waals surface area contributed by atoms with Gasteiger partial charge in [0.1, 0.15) is 11.5 Å². The van der Waals surface area contributed by atoms with Crippen LogP contribution < -0.4 is 10.6 Å². The van der Waals surface area contributed by atoms with E-state index >= 15 is 0 Å². The van der Waals surface area contributed by atoms with E-state index in [0.29, 0.717) is 30.5 Å². The second-order valence-corrected chi connectivity index (χ2v) is 4.39. The van der Waals surface area contributed by atoms with E-state index in [0.717, 1.165) is 6.42 Å². The number of rotatable bonds is 7. The molecule has 1 aromatic heterocycles. The van der Waals surface area contributed by atoms with Crippen molar-refractivity contribution in [2.45, 2.75) is 20.3 Å². The average Bonchev–Trinajstić information content (AvgIpc) is 2.36. The van der Waals surface area contributed by atoms with E-state index < -0.39 is 0 Å². The van der Waals surface area contributed by atoms with Gasteiger partial charge in [0.05, 0.1) is 12.4 Å². The van der Waals surface area contributed by atoms with Crippen molar-refractivity contribution in [1.82, 2.24) is 15.3 Å². The predicted molar refractivity (Wildman–Crippen MR) is 72.5 cm³/mol. The maximum Gasteiger partial charge on any atom is 0.271 e. The Kier molecular flexibility index (Phi) is 5.84. The largest absolute Gasteiger partial charge is 0.365 e. The van der Waals surface area contributed by atoms with Crippen molar-refractivity contribution in [2.75, 3.05) is 18.4 Å². The van der Waals surface area contributed by atoms with Crippen LogP contribution in [0.25, 0.3) is 0 Å². The molecule has 0 aliphatic carbocycles. The van der Waals surface area contributed by atoms with Crippen molar-refractivity contribution in [3.05, 3.63) is 30.7 Å². The lowest BCUT2D eigenvalue weighted by Gasteiger charge is -2.07. The first-order chi connectivity index (χ1) is 8.63. The number of aromatic nitrogens is 2. The summed E-state index contributed by atoms with van der Waals surface area (Å²) in [6.07, 6.45) is 5.70. The molecule has 0 saturated carbocycles. The number of hydrogen-bond acceptors (Lipinski definition) is 4. The molecular formula is C13H20N4O. The number of nitrogens with zero attached hydrogens (tertiary/aromatic N) is 2. The first kappa shape index (κ1) is 14.2. The third-order valence-corrected chi connectivity index (χ3v) is 2.32. The molecule has 5 nitrogen and oxygen atoms in total. The van der Waals surface area contributed by atoms with Crippen LogP contribution in [-0.2, 0) is 0 Å². The van der Waals surface area contributed by atoms with Crippen LogP contribution in [-0.4, -0.2) is 29.0 Å². The van der Waals surface area contributed by atoms with Crippen molar-refractivity contribution in [2.24, 2.45) is 5.92 Å². The van der Waals surface area contributed by atoms with Crippen LogP contribution in [0.4, 0.5) is 5.82 Å². The second kappa shape index (κ2) is 7.42. The van der Waals surface area contributed by atoms with Crippen LogP contribution >= 0.6 is 0 Å². The smallest absolute Gasteiger partial charge is 0.271 e. The molecule has 0 fully saturated rings. The molecule has 18 heavy (non-hydrogen) atoms.